The quantitative estimate of drug-likeness (QED) is 0.358. The Kier molecular flexibility index (Phi) is 6.21. The molecule has 0 fully saturated rings. The first-order valence-electron chi connectivity index (χ1n) is 7.49. The van der Waals surface area contributed by atoms with Crippen molar-refractivity contribution in [1.29, 1.82) is 0 Å². The number of hydrogen-bond donors (Lipinski definition) is 1. The Bertz CT molecular complexity index is 742. The summed E-state index contributed by atoms with van der Waals surface area (Å²) in [5.41, 5.74) is 7.91. The summed E-state index contributed by atoms with van der Waals surface area (Å²) < 4.78 is 5.54. The lowest BCUT2D eigenvalue weighted by atomic mass is 10.1. The summed E-state index contributed by atoms with van der Waals surface area (Å²) in [6.45, 7) is 4.06. The largest absolute Gasteiger partial charge is 0.493 e. The van der Waals surface area contributed by atoms with Crippen LogP contribution in [0.4, 0.5) is 0 Å². The van der Waals surface area contributed by atoms with E-state index in [2.05, 4.69) is 5.16 Å². The minimum Gasteiger partial charge on any atom is -0.493 e. The summed E-state index contributed by atoms with van der Waals surface area (Å²) in [6.07, 6.45) is 0. The summed E-state index contributed by atoms with van der Waals surface area (Å²) in [5, 5.41) is 4.53. The van der Waals surface area contributed by atoms with E-state index in [1.165, 1.54) is 6.92 Å². The van der Waals surface area contributed by atoms with Gasteiger partial charge in [-0.25, -0.2) is 0 Å². The number of halogens is 1. The summed E-state index contributed by atoms with van der Waals surface area (Å²) >= 11 is 5.83. The van der Waals surface area contributed by atoms with Gasteiger partial charge in [0.05, 0.1) is 6.61 Å². The molecule has 2 aromatic rings. The van der Waals surface area contributed by atoms with E-state index in [1.807, 2.05) is 6.92 Å². The van der Waals surface area contributed by atoms with Gasteiger partial charge >= 0.3 is 0 Å². The minimum absolute atomic E-state index is 0.0246. The van der Waals surface area contributed by atoms with E-state index in [0.717, 1.165) is 5.56 Å². The third-order valence-electron chi connectivity index (χ3n) is 3.29. The Balaban J connectivity index is 2.12. The zero-order chi connectivity index (χ0) is 17.5. The Morgan fingerprint density at radius 3 is 2.46 bits per heavy atom. The highest BCUT2D eigenvalue weighted by Gasteiger charge is 2.09. The fraction of sp³-hybridized carbons (Fsp3) is 0.222. The number of benzene rings is 2. The zero-order valence-electron chi connectivity index (χ0n) is 13.6. The maximum Gasteiger partial charge on any atom is 0.170 e. The Morgan fingerprint density at radius 2 is 1.83 bits per heavy atom. The number of hydrogen-bond acceptors (Lipinski definition) is 4. The predicted molar refractivity (Wildman–Crippen MR) is 94.6 cm³/mol. The lowest BCUT2D eigenvalue weighted by molar-refractivity contribution is 0.101. The third kappa shape index (κ3) is 4.73. The summed E-state index contributed by atoms with van der Waals surface area (Å²) in [4.78, 5) is 16.8. The van der Waals surface area contributed by atoms with Crippen molar-refractivity contribution in [2.24, 2.45) is 10.9 Å². The Labute approximate surface area is 146 Å². The summed E-state index contributed by atoms with van der Waals surface area (Å²) in [7, 11) is 0. The molecule has 6 heteroatoms. The number of nitrogens with two attached hydrogens (primary N) is 1. The van der Waals surface area contributed by atoms with Crippen molar-refractivity contribution in [2.45, 2.75) is 20.5 Å². The molecule has 0 unspecified atom stereocenters. The highest BCUT2D eigenvalue weighted by molar-refractivity contribution is 6.30. The highest BCUT2D eigenvalue weighted by atomic mass is 35.5. The number of rotatable bonds is 7. The van der Waals surface area contributed by atoms with Crippen LogP contribution in [0.1, 0.15) is 35.3 Å². The molecule has 0 aliphatic heterocycles. The van der Waals surface area contributed by atoms with Crippen LogP contribution in [0.15, 0.2) is 47.6 Å². The molecule has 0 heterocycles. The number of ether oxygens (including phenoxy) is 1. The second kappa shape index (κ2) is 8.36. The van der Waals surface area contributed by atoms with Crippen molar-refractivity contribution in [1.82, 2.24) is 0 Å². The number of carbonyl (C=O) groups excluding carboxylic acids is 1. The number of nitrogens with zero attached hydrogens (tertiary/aromatic N) is 1. The second-order valence-electron chi connectivity index (χ2n) is 5.07. The topological polar surface area (TPSA) is 73.9 Å². The molecule has 2 rings (SSSR count). The van der Waals surface area contributed by atoms with Crippen LogP contribution in [0.25, 0.3) is 0 Å². The molecule has 5 nitrogen and oxygen atoms in total. The zero-order valence-corrected chi connectivity index (χ0v) is 14.3. The van der Waals surface area contributed by atoms with Crippen LogP contribution >= 0.6 is 11.6 Å². The fourth-order valence-corrected chi connectivity index (χ4v) is 2.18. The van der Waals surface area contributed by atoms with E-state index in [0.29, 0.717) is 28.5 Å². The average molecular weight is 347 g/mol. The van der Waals surface area contributed by atoms with Crippen molar-refractivity contribution in [3.63, 3.8) is 0 Å². The summed E-state index contributed by atoms with van der Waals surface area (Å²) in [6, 6.07) is 12.2. The van der Waals surface area contributed by atoms with Crippen LogP contribution in [0.2, 0.25) is 5.02 Å². The molecule has 0 bridgehead atoms. The molecular weight excluding hydrogens is 328 g/mol. The molecular formula is C18H19ClN2O3. The molecule has 0 saturated carbocycles. The SMILES string of the molecule is CCOc1ccc(C(C)=O)cc1CO/N=C(/N)c1ccc(Cl)cc1. The monoisotopic (exact) mass is 346 g/mol. The predicted octanol–water partition coefficient (Wildman–Crippen LogP) is 3.78. The third-order valence-corrected chi connectivity index (χ3v) is 3.54. The van der Waals surface area contributed by atoms with Gasteiger partial charge in [0.15, 0.2) is 11.6 Å². The van der Waals surface area contributed by atoms with Crippen molar-refractivity contribution in [3.05, 3.63) is 64.2 Å². The van der Waals surface area contributed by atoms with E-state index in [4.69, 9.17) is 26.9 Å². The first-order chi connectivity index (χ1) is 11.5. The molecule has 0 amide bonds. The van der Waals surface area contributed by atoms with E-state index >= 15 is 0 Å². The molecule has 0 radical (unpaired) electrons. The molecule has 0 spiro atoms. The highest BCUT2D eigenvalue weighted by Crippen LogP contribution is 2.22. The maximum absolute atomic E-state index is 11.5. The van der Waals surface area contributed by atoms with Crippen LogP contribution in [-0.4, -0.2) is 18.2 Å². The van der Waals surface area contributed by atoms with E-state index in [9.17, 15) is 4.79 Å². The molecule has 2 N–H and O–H groups in total. The van der Waals surface area contributed by atoms with Gasteiger partial charge in [0.2, 0.25) is 0 Å². The van der Waals surface area contributed by atoms with Gasteiger partial charge in [-0.05, 0) is 56.3 Å². The van der Waals surface area contributed by atoms with Crippen LogP contribution in [0.5, 0.6) is 5.75 Å². The van der Waals surface area contributed by atoms with Gasteiger partial charge in [0.1, 0.15) is 12.4 Å². The molecule has 126 valence electrons. The minimum atomic E-state index is -0.0246. The normalized spacial score (nSPS) is 11.2. The second-order valence-corrected chi connectivity index (χ2v) is 5.50. The van der Waals surface area contributed by atoms with Crippen molar-refractivity contribution in [3.8, 4) is 5.75 Å². The molecule has 0 atom stereocenters. The van der Waals surface area contributed by atoms with Crippen molar-refractivity contribution < 1.29 is 14.4 Å². The number of oxime groups is 1. The molecule has 0 saturated heterocycles. The van der Waals surface area contributed by atoms with Crippen LogP contribution < -0.4 is 10.5 Å². The number of carbonyl (C=O) groups is 1. The van der Waals surface area contributed by atoms with Crippen molar-refractivity contribution in [2.75, 3.05) is 6.61 Å². The molecule has 0 aliphatic rings. The lowest BCUT2D eigenvalue weighted by Crippen LogP contribution is -2.13. The van der Waals surface area contributed by atoms with Gasteiger partial charge in [-0.1, -0.05) is 16.8 Å². The van der Waals surface area contributed by atoms with Gasteiger partial charge in [0, 0.05) is 21.7 Å². The van der Waals surface area contributed by atoms with Gasteiger partial charge in [-0.3, -0.25) is 4.79 Å². The molecule has 24 heavy (non-hydrogen) atoms. The van der Waals surface area contributed by atoms with Crippen LogP contribution in [-0.2, 0) is 11.4 Å². The number of Topliss-reactive ketones (excluding diaryl/α,β-unsaturated/α-hetero) is 1. The fourth-order valence-electron chi connectivity index (χ4n) is 2.05. The van der Waals surface area contributed by atoms with Crippen molar-refractivity contribution >= 4 is 23.2 Å². The standard InChI is InChI=1S/C18H19ClN2O3/c1-3-23-17-9-6-14(12(2)22)10-15(17)11-24-21-18(20)13-4-7-16(19)8-5-13/h4-10H,3,11H2,1-2H3,(H2,20,21). The van der Waals surface area contributed by atoms with E-state index in [-0.39, 0.29) is 18.2 Å². The van der Waals surface area contributed by atoms with Gasteiger partial charge < -0.3 is 15.3 Å². The van der Waals surface area contributed by atoms with Gasteiger partial charge in [0.25, 0.3) is 0 Å². The smallest absolute Gasteiger partial charge is 0.170 e. The first kappa shape index (κ1) is 17.8. The van der Waals surface area contributed by atoms with E-state index < -0.39 is 0 Å². The van der Waals surface area contributed by atoms with Gasteiger partial charge in [-0.15, -0.1) is 0 Å². The number of amidine groups is 1. The summed E-state index contributed by atoms with van der Waals surface area (Å²) in [5.74, 6) is 0.874. The molecule has 0 aromatic heterocycles. The first-order valence-corrected chi connectivity index (χ1v) is 7.87. The maximum atomic E-state index is 11.5. The molecule has 0 aliphatic carbocycles. The average Bonchev–Trinajstić information content (AvgIpc) is 2.56. The van der Waals surface area contributed by atoms with E-state index in [1.54, 1.807) is 42.5 Å². The van der Waals surface area contributed by atoms with Gasteiger partial charge in [-0.2, -0.15) is 0 Å². The number of ketones is 1. The Hall–Kier alpha value is -2.53. The Morgan fingerprint density at radius 1 is 1.17 bits per heavy atom. The lowest BCUT2D eigenvalue weighted by Gasteiger charge is -2.11. The van der Waals surface area contributed by atoms with Crippen LogP contribution in [0.3, 0.4) is 0 Å². The van der Waals surface area contributed by atoms with Crippen LogP contribution in [0, 0.1) is 0 Å². The molecule has 2 aromatic carbocycles.